The van der Waals surface area contributed by atoms with E-state index in [1.54, 1.807) is 12.1 Å². The molecule has 4 heterocycles. The molecule has 0 bridgehead atoms. The minimum Gasteiger partial charge on any atom is -0.508 e. The van der Waals surface area contributed by atoms with Crippen LogP contribution in [0.5, 0.6) is 5.75 Å². The summed E-state index contributed by atoms with van der Waals surface area (Å²) in [6.45, 7) is 0. The van der Waals surface area contributed by atoms with Gasteiger partial charge in [-0.05, 0) is 41.0 Å². The van der Waals surface area contributed by atoms with Gasteiger partial charge in [0.2, 0.25) is 0 Å². The quantitative estimate of drug-likeness (QED) is 0.457. The summed E-state index contributed by atoms with van der Waals surface area (Å²) < 4.78 is 0. The van der Waals surface area contributed by atoms with E-state index in [2.05, 4.69) is 19.9 Å². The first-order chi connectivity index (χ1) is 12.8. The van der Waals surface area contributed by atoms with Crippen molar-refractivity contribution in [3.63, 3.8) is 0 Å². The van der Waals surface area contributed by atoms with Gasteiger partial charge in [0.1, 0.15) is 5.75 Å². The number of phenols is 1. The van der Waals surface area contributed by atoms with Crippen molar-refractivity contribution in [1.82, 2.24) is 19.9 Å². The molecule has 0 saturated carbocycles. The van der Waals surface area contributed by atoms with Crippen molar-refractivity contribution >= 4 is 21.8 Å². The van der Waals surface area contributed by atoms with Crippen LogP contribution < -0.4 is 0 Å². The summed E-state index contributed by atoms with van der Waals surface area (Å²) in [6, 6.07) is 11.5. The number of phenolic OH excluding ortho intramolecular Hbond substituents is 1. The maximum atomic E-state index is 9.71. The van der Waals surface area contributed by atoms with Crippen LogP contribution in [0.4, 0.5) is 0 Å². The third-order valence-corrected chi connectivity index (χ3v) is 4.88. The molecule has 0 atom stereocenters. The van der Waals surface area contributed by atoms with Gasteiger partial charge in [0.15, 0.2) is 0 Å². The van der Waals surface area contributed by atoms with Crippen LogP contribution >= 0.6 is 0 Å². The molecule has 0 unspecified atom stereocenters. The zero-order chi connectivity index (χ0) is 17.5. The highest BCUT2D eigenvalue weighted by Crippen LogP contribution is 2.39. The lowest BCUT2D eigenvalue weighted by molar-refractivity contribution is 0.475. The van der Waals surface area contributed by atoms with E-state index in [0.717, 1.165) is 27.4 Å². The molecule has 5 heteroatoms. The number of aromatic amines is 2. The fourth-order valence-corrected chi connectivity index (χ4v) is 3.66. The maximum absolute atomic E-state index is 9.71. The van der Waals surface area contributed by atoms with Gasteiger partial charge in [-0.15, -0.1) is 0 Å². The second kappa shape index (κ2) is 5.74. The first kappa shape index (κ1) is 14.7. The summed E-state index contributed by atoms with van der Waals surface area (Å²) >= 11 is 0. The Labute approximate surface area is 149 Å². The topological polar surface area (TPSA) is 77.6 Å². The number of H-pyrrole nitrogens is 2. The molecule has 0 aliphatic rings. The number of hydrogen-bond donors (Lipinski definition) is 3. The van der Waals surface area contributed by atoms with Crippen molar-refractivity contribution in [2.24, 2.45) is 0 Å². The van der Waals surface area contributed by atoms with Crippen LogP contribution in [0.2, 0.25) is 0 Å². The van der Waals surface area contributed by atoms with Gasteiger partial charge in [0, 0.05) is 41.5 Å². The molecule has 1 aromatic carbocycles. The van der Waals surface area contributed by atoms with Crippen LogP contribution in [0.15, 0.2) is 73.6 Å². The highest BCUT2D eigenvalue weighted by Gasteiger charge is 2.23. The number of pyridine rings is 2. The van der Waals surface area contributed by atoms with E-state index in [1.807, 2.05) is 61.4 Å². The number of aromatic nitrogens is 4. The minimum atomic E-state index is 0.0166. The number of fused-ring (bicyclic) bond motifs is 2. The van der Waals surface area contributed by atoms with E-state index in [1.165, 1.54) is 11.1 Å². The smallest absolute Gasteiger partial charge is 0.115 e. The van der Waals surface area contributed by atoms with Gasteiger partial charge in [-0.2, -0.15) is 0 Å². The highest BCUT2D eigenvalue weighted by molar-refractivity contribution is 5.88. The molecule has 0 aliphatic carbocycles. The average molecular weight is 340 g/mol. The molecule has 4 aromatic heterocycles. The van der Waals surface area contributed by atoms with E-state index in [0.29, 0.717) is 0 Å². The summed E-state index contributed by atoms with van der Waals surface area (Å²) in [5, 5.41) is 12.0. The monoisotopic (exact) mass is 340 g/mol. The molecule has 126 valence electrons. The number of nitrogens with one attached hydrogen (secondary N) is 2. The lowest BCUT2D eigenvalue weighted by atomic mass is 9.85. The SMILES string of the molecule is Oc1ccc(C(c2c[nH]c3cnccc23)c2c[nH]c3cnccc23)cc1. The molecule has 5 nitrogen and oxygen atoms in total. The Morgan fingerprint density at radius 2 is 1.27 bits per heavy atom. The van der Waals surface area contributed by atoms with Crippen LogP contribution in [0, 0.1) is 0 Å². The lowest BCUT2D eigenvalue weighted by Crippen LogP contribution is -2.02. The standard InChI is InChI=1S/C21H16N4O/c26-14-3-1-13(2-4-14)21(17-9-24-19-11-22-7-5-15(17)19)18-10-25-20-12-23-8-6-16(18)20/h1-12,21,24-26H. The van der Waals surface area contributed by atoms with Crippen LogP contribution in [-0.2, 0) is 0 Å². The Morgan fingerprint density at radius 3 is 1.81 bits per heavy atom. The average Bonchev–Trinajstić information content (AvgIpc) is 3.29. The Morgan fingerprint density at radius 1 is 0.731 bits per heavy atom. The maximum Gasteiger partial charge on any atom is 0.115 e. The van der Waals surface area contributed by atoms with Gasteiger partial charge in [-0.25, -0.2) is 0 Å². The van der Waals surface area contributed by atoms with Gasteiger partial charge < -0.3 is 15.1 Å². The Bertz CT molecular complexity index is 1130. The number of benzene rings is 1. The van der Waals surface area contributed by atoms with E-state index < -0.39 is 0 Å². The lowest BCUT2D eigenvalue weighted by Gasteiger charge is -2.17. The molecule has 0 fully saturated rings. The Hall–Kier alpha value is -3.60. The molecular weight excluding hydrogens is 324 g/mol. The van der Waals surface area contributed by atoms with Crippen molar-refractivity contribution in [2.45, 2.75) is 5.92 Å². The predicted molar refractivity (Wildman–Crippen MR) is 101 cm³/mol. The van der Waals surface area contributed by atoms with Gasteiger partial charge in [0.05, 0.1) is 23.4 Å². The molecule has 26 heavy (non-hydrogen) atoms. The second-order valence-electron chi connectivity index (χ2n) is 6.36. The van der Waals surface area contributed by atoms with Gasteiger partial charge in [0.25, 0.3) is 0 Å². The molecule has 0 aliphatic heterocycles. The molecule has 3 N–H and O–H groups in total. The van der Waals surface area contributed by atoms with Crippen molar-refractivity contribution < 1.29 is 5.11 Å². The first-order valence-corrected chi connectivity index (χ1v) is 8.42. The number of nitrogens with zero attached hydrogens (tertiary/aromatic N) is 2. The number of aromatic hydroxyl groups is 1. The van der Waals surface area contributed by atoms with E-state index in [-0.39, 0.29) is 11.7 Å². The molecule has 0 spiro atoms. The minimum absolute atomic E-state index is 0.0166. The van der Waals surface area contributed by atoms with Gasteiger partial charge in [-0.3, -0.25) is 9.97 Å². The second-order valence-corrected chi connectivity index (χ2v) is 6.36. The zero-order valence-corrected chi connectivity index (χ0v) is 13.8. The van der Waals surface area contributed by atoms with E-state index >= 15 is 0 Å². The van der Waals surface area contributed by atoms with Crippen molar-refractivity contribution in [3.8, 4) is 5.75 Å². The van der Waals surface area contributed by atoms with Crippen molar-refractivity contribution in [1.29, 1.82) is 0 Å². The fraction of sp³-hybridized carbons (Fsp3) is 0.0476. The summed E-state index contributed by atoms with van der Waals surface area (Å²) in [5.41, 5.74) is 5.47. The third kappa shape index (κ3) is 2.25. The van der Waals surface area contributed by atoms with E-state index in [4.69, 9.17) is 0 Å². The molecule has 0 radical (unpaired) electrons. The Kier molecular flexibility index (Phi) is 3.25. The van der Waals surface area contributed by atoms with Crippen molar-refractivity contribution in [3.05, 3.63) is 90.3 Å². The summed E-state index contributed by atoms with van der Waals surface area (Å²) in [5.74, 6) is 0.279. The van der Waals surface area contributed by atoms with E-state index in [9.17, 15) is 5.11 Å². The number of hydrogen-bond acceptors (Lipinski definition) is 3. The molecule has 5 rings (SSSR count). The fourth-order valence-electron chi connectivity index (χ4n) is 3.66. The summed E-state index contributed by atoms with van der Waals surface area (Å²) in [4.78, 5) is 15.1. The van der Waals surface area contributed by atoms with Crippen LogP contribution in [0.3, 0.4) is 0 Å². The molecule has 0 amide bonds. The summed E-state index contributed by atoms with van der Waals surface area (Å²) in [7, 11) is 0. The normalized spacial score (nSPS) is 11.6. The predicted octanol–water partition coefficient (Wildman–Crippen LogP) is 4.33. The van der Waals surface area contributed by atoms with Crippen LogP contribution in [0.25, 0.3) is 21.8 Å². The highest BCUT2D eigenvalue weighted by atomic mass is 16.3. The Balaban J connectivity index is 1.79. The van der Waals surface area contributed by atoms with Crippen molar-refractivity contribution in [2.75, 3.05) is 0 Å². The zero-order valence-electron chi connectivity index (χ0n) is 13.8. The third-order valence-electron chi connectivity index (χ3n) is 4.88. The van der Waals surface area contributed by atoms with Gasteiger partial charge in [-0.1, -0.05) is 12.1 Å². The van der Waals surface area contributed by atoms with Crippen LogP contribution in [-0.4, -0.2) is 25.0 Å². The largest absolute Gasteiger partial charge is 0.508 e. The van der Waals surface area contributed by atoms with Crippen LogP contribution in [0.1, 0.15) is 22.6 Å². The molecule has 0 saturated heterocycles. The molecular formula is C21H16N4O. The molecule has 5 aromatic rings. The number of rotatable bonds is 3. The summed E-state index contributed by atoms with van der Waals surface area (Å²) in [6.07, 6.45) is 11.4. The first-order valence-electron chi connectivity index (χ1n) is 8.42. The van der Waals surface area contributed by atoms with Gasteiger partial charge >= 0.3 is 0 Å².